The fourth-order valence-corrected chi connectivity index (χ4v) is 5.45. The van der Waals surface area contributed by atoms with E-state index in [0.29, 0.717) is 4.91 Å². The van der Waals surface area contributed by atoms with Crippen molar-refractivity contribution in [3.63, 3.8) is 0 Å². The smallest absolute Gasteiger partial charge is 0.293 e. The van der Waals surface area contributed by atoms with Gasteiger partial charge in [-0.2, -0.15) is 0 Å². The first kappa shape index (κ1) is 18.9. The molecule has 2 amide bonds. The minimum absolute atomic E-state index is 0.135. The number of likely N-dealkylation sites (N-methyl/N-ethyl adjacent to an activating group) is 1. The van der Waals surface area contributed by atoms with E-state index < -0.39 is 0 Å². The number of carbonyl (C=O) groups excluding carboxylic acids is 2. The first-order valence-electron chi connectivity index (χ1n) is 9.91. The lowest BCUT2D eigenvalue weighted by molar-refractivity contribution is -0.121. The fourth-order valence-electron chi connectivity index (χ4n) is 4.62. The van der Waals surface area contributed by atoms with Crippen molar-refractivity contribution in [3.8, 4) is 0 Å². The highest BCUT2D eigenvalue weighted by atomic mass is 32.2. The number of hydrogen-bond donors (Lipinski definition) is 0. The maximum absolute atomic E-state index is 12.2. The quantitative estimate of drug-likeness (QED) is 0.464. The lowest BCUT2D eigenvalue weighted by Crippen LogP contribution is -2.31. The number of hydrogen-bond acceptors (Lipinski definition) is 4. The minimum Gasteiger partial charge on any atom is -0.344 e. The topological polar surface area (TPSA) is 40.6 Å². The molecule has 0 bridgehead atoms. The molecule has 4 nitrogen and oxygen atoms in total. The van der Waals surface area contributed by atoms with Gasteiger partial charge in [0.15, 0.2) is 0 Å². The number of anilines is 2. The van der Waals surface area contributed by atoms with Gasteiger partial charge in [-0.3, -0.25) is 14.5 Å². The predicted molar refractivity (Wildman–Crippen MR) is 124 cm³/mol. The highest BCUT2D eigenvalue weighted by Crippen LogP contribution is 2.50. The van der Waals surface area contributed by atoms with Gasteiger partial charge in [-0.15, -0.1) is 0 Å². The molecule has 1 fully saturated rings. The molecule has 3 aromatic rings. The van der Waals surface area contributed by atoms with Crippen molar-refractivity contribution in [2.45, 2.75) is 19.3 Å². The van der Waals surface area contributed by atoms with Crippen molar-refractivity contribution < 1.29 is 9.59 Å². The second-order valence-electron chi connectivity index (χ2n) is 8.38. The molecular formula is C25H22N2O2S. The standard InChI is InChI=1S/C25H22N2O2S/c1-25(2)18-7-5-6-8-19(18)26(3)20-12-10-16-13-15(9-11-17(16)22(20)25)14-21-23(28)27(4)24(29)30-21/h5-14H,1-4H3/b21-14-. The Morgan fingerprint density at radius 1 is 0.900 bits per heavy atom. The second kappa shape index (κ2) is 6.47. The molecule has 0 radical (unpaired) electrons. The Labute approximate surface area is 180 Å². The number of benzene rings is 3. The van der Waals surface area contributed by atoms with Gasteiger partial charge in [0.1, 0.15) is 0 Å². The normalized spacial score (nSPS) is 18.9. The molecule has 1 saturated heterocycles. The number of thioether (sulfide) groups is 1. The Morgan fingerprint density at radius 2 is 1.67 bits per heavy atom. The average Bonchev–Trinajstić information content (AvgIpc) is 2.98. The predicted octanol–water partition coefficient (Wildman–Crippen LogP) is 5.91. The molecule has 5 heteroatoms. The van der Waals surface area contributed by atoms with E-state index in [1.807, 2.05) is 6.07 Å². The van der Waals surface area contributed by atoms with Crippen LogP contribution in [0.5, 0.6) is 0 Å². The molecule has 0 N–H and O–H groups in total. The fraction of sp³-hybridized carbons (Fsp3) is 0.200. The molecule has 150 valence electrons. The Morgan fingerprint density at radius 3 is 2.40 bits per heavy atom. The van der Waals surface area contributed by atoms with Gasteiger partial charge in [-0.1, -0.05) is 50.2 Å². The summed E-state index contributed by atoms with van der Waals surface area (Å²) in [6, 6.07) is 19.1. The molecule has 2 aliphatic rings. The van der Waals surface area contributed by atoms with E-state index in [-0.39, 0.29) is 16.6 Å². The van der Waals surface area contributed by atoms with Crippen molar-refractivity contribution in [1.29, 1.82) is 0 Å². The van der Waals surface area contributed by atoms with Crippen LogP contribution in [0.2, 0.25) is 0 Å². The third-order valence-corrected chi connectivity index (χ3v) is 7.19. The highest BCUT2D eigenvalue weighted by molar-refractivity contribution is 8.18. The van der Waals surface area contributed by atoms with Crippen LogP contribution >= 0.6 is 11.8 Å². The number of nitrogens with zero attached hydrogens (tertiary/aromatic N) is 2. The maximum Gasteiger partial charge on any atom is 0.293 e. The minimum atomic E-state index is -0.241. The maximum atomic E-state index is 12.2. The summed E-state index contributed by atoms with van der Waals surface area (Å²) in [6.45, 7) is 4.56. The summed E-state index contributed by atoms with van der Waals surface area (Å²) in [5.74, 6) is -0.241. The van der Waals surface area contributed by atoms with E-state index in [1.165, 1.54) is 34.9 Å². The summed E-state index contributed by atoms with van der Waals surface area (Å²) >= 11 is 0.989. The first-order valence-corrected chi connectivity index (χ1v) is 10.7. The van der Waals surface area contributed by atoms with Crippen LogP contribution in [0.4, 0.5) is 16.2 Å². The summed E-state index contributed by atoms with van der Waals surface area (Å²) in [7, 11) is 3.63. The Balaban J connectivity index is 1.66. The van der Waals surface area contributed by atoms with E-state index in [9.17, 15) is 9.59 Å². The third kappa shape index (κ3) is 2.62. The van der Waals surface area contributed by atoms with Gasteiger partial charge in [0.25, 0.3) is 11.1 Å². The molecule has 0 spiro atoms. The molecule has 0 unspecified atom stereocenters. The first-order chi connectivity index (χ1) is 14.3. The van der Waals surface area contributed by atoms with Gasteiger partial charge in [0, 0.05) is 30.9 Å². The van der Waals surface area contributed by atoms with Gasteiger partial charge in [-0.25, -0.2) is 0 Å². The largest absolute Gasteiger partial charge is 0.344 e. The Bertz CT molecular complexity index is 1280. The van der Waals surface area contributed by atoms with E-state index in [4.69, 9.17) is 0 Å². The summed E-state index contributed by atoms with van der Waals surface area (Å²) in [5.41, 5.74) is 5.86. The van der Waals surface area contributed by atoms with Gasteiger partial charge in [0.2, 0.25) is 0 Å². The van der Waals surface area contributed by atoms with E-state index >= 15 is 0 Å². The van der Waals surface area contributed by atoms with Crippen molar-refractivity contribution in [2.24, 2.45) is 0 Å². The third-order valence-electron chi connectivity index (χ3n) is 6.23. The summed E-state index contributed by atoms with van der Waals surface area (Å²) in [5, 5.41) is 2.10. The van der Waals surface area contributed by atoms with Crippen LogP contribution in [0, 0.1) is 0 Å². The van der Waals surface area contributed by atoms with Crippen LogP contribution in [0.1, 0.15) is 30.5 Å². The van der Waals surface area contributed by atoms with Crippen LogP contribution in [0.25, 0.3) is 16.8 Å². The number of fused-ring (bicyclic) bond motifs is 4. The zero-order valence-electron chi connectivity index (χ0n) is 17.4. The molecule has 0 aliphatic carbocycles. The number of amides is 2. The molecule has 2 heterocycles. The van der Waals surface area contributed by atoms with E-state index in [1.54, 1.807) is 6.08 Å². The van der Waals surface area contributed by atoms with E-state index in [0.717, 1.165) is 27.6 Å². The summed E-state index contributed by atoms with van der Waals surface area (Å²) in [4.78, 5) is 27.9. The molecule has 5 rings (SSSR count). The number of para-hydroxylation sites is 1. The lowest BCUT2D eigenvalue weighted by Gasteiger charge is -2.41. The summed E-state index contributed by atoms with van der Waals surface area (Å²) in [6.07, 6.45) is 1.81. The van der Waals surface area contributed by atoms with E-state index in [2.05, 4.69) is 74.3 Å². The molecule has 30 heavy (non-hydrogen) atoms. The van der Waals surface area contributed by atoms with Gasteiger partial charge in [-0.05, 0) is 63.5 Å². The average molecular weight is 415 g/mol. The van der Waals surface area contributed by atoms with Gasteiger partial charge >= 0.3 is 0 Å². The van der Waals surface area contributed by atoms with Crippen molar-refractivity contribution in [1.82, 2.24) is 4.90 Å². The monoisotopic (exact) mass is 414 g/mol. The summed E-state index contributed by atoms with van der Waals surface area (Å²) < 4.78 is 0. The molecule has 0 aromatic heterocycles. The Hall–Kier alpha value is -3.05. The van der Waals surface area contributed by atoms with Gasteiger partial charge < -0.3 is 4.90 Å². The zero-order valence-corrected chi connectivity index (χ0v) is 18.2. The molecule has 0 atom stereocenters. The van der Waals surface area contributed by atoms with Crippen LogP contribution in [0.3, 0.4) is 0 Å². The number of imide groups is 1. The van der Waals surface area contributed by atoms with Gasteiger partial charge in [0.05, 0.1) is 4.91 Å². The zero-order chi connectivity index (χ0) is 21.2. The van der Waals surface area contributed by atoms with Crippen molar-refractivity contribution in [2.75, 3.05) is 19.0 Å². The van der Waals surface area contributed by atoms with Crippen LogP contribution in [-0.2, 0) is 10.2 Å². The lowest BCUT2D eigenvalue weighted by atomic mass is 9.72. The van der Waals surface area contributed by atoms with Crippen molar-refractivity contribution >= 4 is 51.1 Å². The second-order valence-corrected chi connectivity index (χ2v) is 9.38. The Kier molecular flexibility index (Phi) is 4.09. The highest BCUT2D eigenvalue weighted by Gasteiger charge is 2.36. The molecule has 3 aromatic carbocycles. The van der Waals surface area contributed by atoms with Crippen molar-refractivity contribution in [3.05, 3.63) is 76.2 Å². The number of rotatable bonds is 1. The van der Waals surface area contributed by atoms with Crippen LogP contribution in [0.15, 0.2) is 59.5 Å². The molecular weight excluding hydrogens is 392 g/mol. The SMILES string of the molecule is CN1C(=O)S/C(=C\c2ccc3c4c(ccc3c2)N(C)c2ccccc2C4(C)C)C1=O. The van der Waals surface area contributed by atoms with Crippen LogP contribution < -0.4 is 4.90 Å². The van der Waals surface area contributed by atoms with Crippen LogP contribution in [-0.4, -0.2) is 30.1 Å². The number of carbonyl (C=O) groups is 2. The molecule has 0 saturated carbocycles. The molecule has 2 aliphatic heterocycles.